The van der Waals surface area contributed by atoms with Crippen LogP contribution in [0, 0.1) is 0 Å². The van der Waals surface area contributed by atoms with Gasteiger partial charge in [-0.2, -0.15) is 9.82 Å². The van der Waals surface area contributed by atoms with Gasteiger partial charge in [0.2, 0.25) is 5.97 Å². The van der Waals surface area contributed by atoms with Gasteiger partial charge in [0.15, 0.2) is 6.30 Å². The number of halogens is 3. The van der Waals surface area contributed by atoms with E-state index < -0.39 is 24.0 Å². The van der Waals surface area contributed by atoms with Gasteiger partial charge in [0.25, 0.3) is 0 Å². The first-order valence-electron chi connectivity index (χ1n) is 2.27. The van der Waals surface area contributed by atoms with Gasteiger partial charge in [-0.3, -0.25) is 0 Å². The van der Waals surface area contributed by atoms with Crippen molar-refractivity contribution in [3.8, 4) is 0 Å². The lowest BCUT2D eigenvalue weighted by molar-refractivity contribution is -0.0756. The molecule has 0 saturated carbocycles. The number of hydrazine groups is 1. The van der Waals surface area contributed by atoms with Crippen molar-refractivity contribution >= 4 is 5.97 Å². The first-order chi connectivity index (χ1) is 4.18. The molecule has 1 aliphatic heterocycles. The maximum absolute atomic E-state index is 12.0. The van der Waals surface area contributed by atoms with Crippen molar-refractivity contribution in [1.29, 1.82) is 0 Å². The molecule has 0 aromatic carbocycles. The zero-order valence-corrected chi connectivity index (χ0v) is 4.31. The Morgan fingerprint density at radius 1 is 1.78 bits per heavy atom. The Hall–Kier alpha value is -0.780. The van der Waals surface area contributed by atoms with Crippen LogP contribution in [0.1, 0.15) is 6.42 Å². The summed E-state index contributed by atoms with van der Waals surface area (Å²) in [6, 6.07) is 0. The Balaban J connectivity index is 2.56. The summed E-state index contributed by atoms with van der Waals surface area (Å²) >= 11 is 0. The fourth-order valence-electron chi connectivity index (χ4n) is 0.474. The molecule has 0 aromatic heterocycles. The average Bonchev–Trinajstić information content (AvgIpc) is 1.59. The summed E-state index contributed by atoms with van der Waals surface area (Å²) in [7, 11) is 0. The highest BCUT2D eigenvalue weighted by Gasteiger charge is 2.19. The molecule has 1 N–H and O–H groups in total. The summed E-state index contributed by atoms with van der Waals surface area (Å²) in [6.07, 6.45) is -2.23. The van der Waals surface area contributed by atoms with Crippen molar-refractivity contribution in [3.05, 3.63) is 0 Å². The van der Waals surface area contributed by atoms with Crippen LogP contribution in [0.15, 0.2) is 5.10 Å². The molecule has 1 rings (SSSR count). The van der Waals surface area contributed by atoms with Crippen LogP contribution >= 0.6 is 0 Å². The van der Waals surface area contributed by atoms with Gasteiger partial charge in [-0.05, 0) is 5.34 Å². The minimum absolute atomic E-state index is 0.483. The number of hydrazone groups is 1. The number of alkyl halides is 1. The smallest absolute Gasteiger partial charge is 0.216 e. The molecule has 1 aliphatic rings. The molecule has 9 heavy (non-hydrogen) atoms. The second-order valence-electron chi connectivity index (χ2n) is 1.54. The molecular formula is C3H4F3N3. The molecule has 0 spiro atoms. The van der Waals surface area contributed by atoms with Crippen molar-refractivity contribution in [2.24, 2.45) is 5.10 Å². The predicted molar refractivity (Wildman–Crippen MR) is 24.1 cm³/mol. The fraction of sp³-hybridized carbons (Fsp3) is 0.667. The molecule has 0 saturated heterocycles. The van der Waals surface area contributed by atoms with Crippen LogP contribution in [-0.4, -0.2) is 17.6 Å². The zero-order valence-electron chi connectivity index (χ0n) is 4.31. The molecular weight excluding hydrogens is 135 g/mol. The van der Waals surface area contributed by atoms with Crippen LogP contribution < -0.4 is 5.43 Å². The first-order valence-corrected chi connectivity index (χ1v) is 2.27. The van der Waals surface area contributed by atoms with E-state index in [2.05, 4.69) is 5.10 Å². The Morgan fingerprint density at radius 2 is 2.44 bits per heavy atom. The van der Waals surface area contributed by atoms with Gasteiger partial charge in [-0.25, -0.2) is 4.39 Å². The molecule has 52 valence electrons. The minimum atomic E-state index is -1.72. The van der Waals surface area contributed by atoms with E-state index in [1.54, 1.807) is 5.43 Å². The lowest BCUT2D eigenvalue weighted by Crippen LogP contribution is -2.39. The summed E-state index contributed by atoms with van der Waals surface area (Å²) in [5.74, 6) is -1.05. The van der Waals surface area contributed by atoms with Crippen LogP contribution in [-0.2, 0) is 0 Å². The average molecular weight is 139 g/mol. The maximum atomic E-state index is 12.0. The summed E-state index contributed by atoms with van der Waals surface area (Å²) in [5, 5.41) is 2.12. The quantitative estimate of drug-likeness (QED) is 0.394. The highest BCUT2D eigenvalue weighted by molar-refractivity contribution is 5.75. The van der Waals surface area contributed by atoms with Crippen molar-refractivity contribution < 1.29 is 13.3 Å². The van der Waals surface area contributed by atoms with E-state index in [1.165, 1.54) is 0 Å². The number of rotatable bonds is 0. The normalized spacial score (nSPS) is 28.1. The summed E-state index contributed by atoms with van der Waals surface area (Å²) in [6.45, 7) is 0. The van der Waals surface area contributed by atoms with Crippen LogP contribution in [0.25, 0.3) is 0 Å². The van der Waals surface area contributed by atoms with E-state index in [9.17, 15) is 13.3 Å². The van der Waals surface area contributed by atoms with E-state index >= 15 is 0 Å². The van der Waals surface area contributed by atoms with Crippen LogP contribution in [0.5, 0.6) is 0 Å². The summed E-state index contributed by atoms with van der Waals surface area (Å²) < 4.78 is 35.6. The monoisotopic (exact) mass is 139 g/mol. The molecule has 0 fully saturated rings. The molecule has 0 amide bonds. The third-order valence-corrected chi connectivity index (χ3v) is 0.791. The summed E-state index contributed by atoms with van der Waals surface area (Å²) in [4.78, 5) is 0. The van der Waals surface area contributed by atoms with Gasteiger partial charge in [0, 0.05) is 0 Å². The van der Waals surface area contributed by atoms with E-state index in [0.29, 0.717) is 0 Å². The van der Waals surface area contributed by atoms with Gasteiger partial charge in [-0.1, -0.05) is 4.48 Å². The highest BCUT2D eigenvalue weighted by atomic mass is 19.2. The SMILES string of the molecule is FC1=NN(F)NC(F)C1. The largest absolute Gasteiger partial charge is 0.228 e. The van der Waals surface area contributed by atoms with Crippen molar-refractivity contribution in [2.75, 3.05) is 0 Å². The second-order valence-corrected chi connectivity index (χ2v) is 1.54. The van der Waals surface area contributed by atoms with E-state index in [4.69, 9.17) is 0 Å². The van der Waals surface area contributed by atoms with Gasteiger partial charge < -0.3 is 0 Å². The topological polar surface area (TPSA) is 27.6 Å². The highest BCUT2D eigenvalue weighted by Crippen LogP contribution is 2.06. The van der Waals surface area contributed by atoms with Crippen molar-refractivity contribution in [3.63, 3.8) is 0 Å². The van der Waals surface area contributed by atoms with E-state index in [0.717, 1.165) is 0 Å². The molecule has 0 bridgehead atoms. The summed E-state index contributed by atoms with van der Waals surface area (Å²) in [5.41, 5.74) is 1.58. The standard InChI is InChI=1S/C3H4F3N3/c4-2-1-3(5)8-9(6)7-2/h2,7H,1H2. The molecule has 0 aromatic rings. The van der Waals surface area contributed by atoms with E-state index in [-0.39, 0.29) is 0 Å². The Kier molecular flexibility index (Phi) is 1.56. The molecule has 6 heteroatoms. The molecule has 0 aliphatic carbocycles. The molecule has 1 unspecified atom stereocenters. The van der Waals surface area contributed by atoms with E-state index in [1.807, 2.05) is 0 Å². The Bertz CT molecular complexity index is 136. The number of nitrogens with zero attached hydrogens (tertiary/aromatic N) is 2. The number of hydrogen-bond donors (Lipinski definition) is 1. The lowest BCUT2D eigenvalue weighted by atomic mass is 10.4. The van der Waals surface area contributed by atoms with Crippen LogP contribution in [0.2, 0.25) is 0 Å². The van der Waals surface area contributed by atoms with Crippen LogP contribution in [0.4, 0.5) is 13.3 Å². The van der Waals surface area contributed by atoms with Gasteiger partial charge in [0.1, 0.15) is 0 Å². The Morgan fingerprint density at radius 3 is 2.89 bits per heavy atom. The van der Waals surface area contributed by atoms with Gasteiger partial charge >= 0.3 is 0 Å². The molecule has 1 heterocycles. The third-order valence-electron chi connectivity index (χ3n) is 0.791. The third kappa shape index (κ3) is 1.56. The fourth-order valence-corrected chi connectivity index (χ4v) is 0.474. The minimum Gasteiger partial charge on any atom is -0.228 e. The van der Waals surface area contributed by atoms with Crippen molar-refractivity contribution in [2.45, 2.75) is 12.7 Å². The van der Waals surface area contributed by atoms with Crippen LogP contribution in [0.3, 0.4) is 0 Å². The molecule has 3 nitrogen and oxygen atoms in total. The number of nitrogens with one attached hydrogen (secondary N) is 1. The molecule has 1 atom stereocenters. The predicted octanol–water partition coefficient (Wildman–Crippen LogP) is 0.660. The van der Waals surface area contributed by atoms with Gasteiger partial charge in [0.05, 0.1) is 6.42 Å². The number of hydrogen-bond acceptors (Lipinski definition) is 3. The molecule has 0 radical (unpaired) electrons. The van der Waals surface area contributed by atoms with Crippen molar-refractivity contribution in [1.82, 2.24) is 10.8 Å². The van der Waals surface area contributed by atoms with Gasteiger partial charge in [-0.15, -0.1) is 5.10 Å². The first kappa shape index (κ1) is 6.34. The zero-order chi connectivity index (χ0) is 6.85. The maximum Gasteiger partial charge on any atom is 0.216 e. The second kappa shape index (κ2) is 2.22. The lowest BCUT2D eigenvalue weighted by Gasteiger charge is -2.16. The Labute approximate surface area is 49.0 Å².